The maximum absolute atomic E-state index is 10.7. The molecule has 0 aliphatic heterocycles. The van der Waals surface area contributed by atoms with Crippen molar-refractivity contribution in [1.82, 2.24) is 14.5 Å². The maximum atomic E-state index is 10.7. The number of nitrogens with zero attached hydrogens (tertiary/aromatic N) is 3. The van der Waals surface area contributed by atoms with Gasteiger partial charge in [-0.1, -0.05) is 0 Å². The van der Waals surface area contributed by atoms with Crippen LogP contribution in [0, 0.1) is 6.92 Å². The first-order chi connectivity index (χ1) is 7.58. The lowest BCUT2D eigenvalue weighted by molar-refractivity contribution is 0.0691. The summed E-state index contributed by atoms with van der Waals surface area (Å²) in [6.07, 6.45) is 4.53. The van der Waals surface area contributed by atoms with Gasteiger partial charge in [0.05, 0.1) is 0 Å². The molecule has 0 aliphatic carbocycles. The van der Waals surface area contributed by atoms with Gasteiger partial charge in [-0.3, -0.25) is 4.57 Å². The Labute approximate surface area is 99.9 Å². The van der Waals surface area contributed by atoms with Gasteiger partial charge in [0.1, 0.15) is 12.1 Å². The fourth-order valence-electron chi connectivity index (χ4n) is 1.22. The van der Waals surface area contributed by atoms with E-state index in [-0.39, 0.29) is 5.69 Å². The molecule has 2 heterocycles. The van der Waals surface area contributed by atoms with Crippen molar-refractivity contribution >= 4 is 21.9 Å². The predicted molar refractivity (Wildman–Crippen MR) is 60.8 cm³/mol. The highest BCUT2D eigenvalue weighted by Gasteiger charge is 2.08. The number of carbonyl (C=O) groups is 1. The second-order valence-electron chi connectivity index (χ2n) is 3.26. The highest BCUT2D eigenvalue weighted by molar-refractivity contribution is 9.10. The molecule has 0 aliphatic rings. The summed E-state index contributed by atoms with van der Waals surface area (Å²) in [5, 5.41) is 8.74. The fourth-order valence-corrected chi connectivity index (χ4v) is 1.44. The Balaban J connectivity index is 2.42. The molecule has 0 bridgehead atoms. The highest BCUT2D eigenvalue weighted by Crippen LogP contribution is 2.17. The summed E-state index contributed by atoms with van der Waals surface area (Å²) in [5.41, 5.74) is 1.03. The Kier molecular flexibility index (Phi) is 2.74. The summed E-state index contributed by atoms with van der Waals surface area (Å²) in [6.45, 7) is 1.93. The average molecular weight is 282 g/mol. The zero-order chi connectivity index (χ0) is 11.7. The first-order valence-electron chi connectivity index (χ1n) is 4.48. The topological polar surface area (TPSA) is 68.0 Å². The van der Waals surface area contributed by atoms with Gasteiger partial charge < -0.3 is 5.11 Å². The fraction of sp³-hybridized carbons (Fsp3) is 0.100. The Morgan fingerprint density at radius 1 is 1.50 bits per heavy atom. The van der Waals surface area contributed by atoms with Crippen molar-refractivity contribution in [3.8, 4) is 5.82 Å². The molecule has 0 atom stereocenters. The van der Waals surface area contributed by atoms with Crippen LogP contribution in [0.5, 0.6) is 0 Å². The number of hydrogen-bond acceptors (Lipinski definition) is 3. The van der Waals surface area contributed by atoms with Crippen molar-refractivity contribution in [3.63, 3.8) is 0 Å². The number of carboxylic acid groups (broad SMARTS) is 1. The van der Waals surface area contributed by atoms with Gasteiger partial charge in [0.2, 0.25) is 0 Å². The molecule has 0 saturated heterocycles. The van der Waals surface area contributed by atoms with E-state index in [1.165, 1.54) is 12.5 Å². The van der Waals surface area contributed by atoms with E-state index in [0.717, 1.165) is 10.0 Å². The first-order valence-corrected chi connectivity index (χ1v) is 5.27. The van der Waals surface area contributed by atoms with Gasteiger partial charge in [-0.15, -0.1) is 0 Å². The summed E-state index contributed by atoms with van der Waals surface area (Å²) < 4.78 is 2.48. The van der Waals surface area contributed by atoms with Gasteiger partial charge in [0, 0.05) is 16.9 Å². The van der Waals surface area contributed by atoms with Crippen LogP contribution < -0.4 is 0 Å². The Hall–Kier alpha value is -1.69. The number of rotatable bonds is 2. The number of aromatic carboxylic acids is 1. The van der Waals surface area contributed by atoms with Gasteiger partial charge in [0.25, 0.3) is 0 Å². The molecule has 0 aromatic carbocycles. The molecule has 2 aromatic heterocycles. The number of halogens is 1. The molecule has 2 aromatic rings. The molecule has 0 radical (unpaired) electrons. The third-order valence-corrected chi connectivity index (χ3v) is 2.93. The van der Waals surface area contributed by atoms with E-state index in [2.05, 4.69) is 25.9 Å². The minimum Gasteiger partial charge on any atom is -0.476 e. The zero-order valence-electron chi connectivity index (χ0n) is 8.38. The molecule has 2 rings (SSSR count). The number of hydrogen-bond donors (Lipinski definition) is 1. The predicted octanol–water partition coefficient (Wildman–Crippen LogP) is 2.04. The van der Waals surface area contributed by atoms with Gasteiger partial charge in [-0.25, -0.2) is 14.8 Å². The molecular formula is C10H8BrN3O2. The van der Waals surface area contributed by atoms with E-state index in [4.69, 9.17) is 5.11 Å². The Morgan fingerprint density at radius 2 is 2.25 bits per heavy atom. The number of aromatic nitrogens is 3. The minimum atomic E-state index is -1.05. The van der Waals surface area contributed by atoms with Crippen LogP contribution in [0.1, 0.15) is 16.1 Å². The van der Waals surface area contributed by atoms with Crippen LogP contribution in [0.15, 0.2) is 29.3 Å². The van der Waals surface area contributed by atoms with Gasteiger partial charge in [-0.2, -0.15) is 0 Å². The first kappa shape index (κ1) is 10.8. The molecular weight excluding hydrogens is 274 g/mol. The SMILES string of the molecule is Cc1cc(-n2cnc(C(=O)O)c2)ncc1Br. The van der Waals surface area contributed by atoms with Crippen LogP contribution in [0.3, 0.4) is 0 Å². The largest absolute Gasteiger partial charge is 0.476 e. The van der Waals surface area contributed by atoms with Crippen LogP contribution >= 0.6 is 15.9 Å². The standard InChI is InChI=1S/C10H8BrN3O2/c1-6-2-9(12-3-7(6)11)14-4-8(10(15)16)13-5-14/h2-5H,1H3,(H,15,16). The average Bonchev–Trinajstić information content (AvgIpc) is 2.71. The monoisotopic (exact) mass is 281 g/mol. The van der Waals surface area contributed by atoms with Gasteiger partial charge in [-0.05, 0) is 34.5 Å². The normalized spacial score (nSPS) is 10.4. The number of imidazole rings is 1. The highest BCUT2D eigenvalue weighted by atomic mass is 79.9. The van der Waals surface area contributed by atoms with Crippen LogP contribution in [-0.4, -0.2) is 25.6 Å². The molecule has 0 amide bonds. The second-order valence-corrected chi connectivity index (χ2v) is 4.12. The van der Waals surface area contributed by atoms with Crippen LogP contribution in [0.25, 0.3) is 5.82 Å². The van der Waals surface area contributed by atoms with E-state index in [0.29, 0.717) is 5.82 Å². The zero-order valence-corrected chi connectivity index (χ0v) is 9.97. The van der Waals surface area contributed by atoms with Crippen molar-refractivity contribution in [2.24, 2.45) is 0 Å². The lowest BCUT2D eigenvalue weighted by Crippen LogP contribution is -1.97. The number of aryl methyl sites for hydroxylation is 1. The molecule has 0 saturated carbocycles. The molecule has 0 spiro atoms. The quantitative estimate of drug-likeness (QED) is 0.915. The molecule has 82 valence electrons. The van der Waals surface area contributed by atoms with E-state index < -0.39 is 5.97 Å². The van der Waals surface area contributed by atoms with Gasteiger partial charge in [0.15, 0.2) is 5.69 Å². The van der Waals surface area contributed by atoms with Crippen LogP contribution in [-0.2, 0) is 0 Å². The van der Waals surface area contributed by atoms with Crippen LogP contribution in [0.2, 0.25) is 0 Å². The minimum absolute atomic E-state index is 0.00220. The van der Waals surface area contributed by atoms with Crippen molar-refractivity contribution in [1.29, 1.82) is 0 Å². The maximum Gasteiger partial charge on any atom is 0.356 e. The number of pyridine rings is 1. The summed E-state index contributed by atoms with van der Waals surface area (Å²) in [4.78, 5) is 18.6. The van der Waals surface area contributed by atoms with E-state index >= 15 is 0 Å². The lowest BCUT2D eigenvalue weighted by Gasteiger charge is -2.02. The third-order valence-electron chi connectivity index (χ3n) is 2.10. The van der Waals surface area contributed by atoms with E-state index in [1.807, 2.05) is 13.0 Å². The van der Waals surface area contributed by atoms with Crippen molar-refractivity contribution in [3.05, 3.63) is 40.5 Å². The summed E-state index contributed by atoms with van der Waals surface area (Å²) >= 11 is 3.35. The smallest absolute Gasteiger partial charge is 0.356 e. The molecule has 16 heavy (non-hydrogen) atoms. The summed E-state index contributed by atoms with van der Waals surface area (Å²) in [6, 6.07) is 1.84. The number of carboxylic acids is 1. The summed E-state index contributed by atoms with van der Waals surface area (Å²) in [7, 11) is 0. The lowest BCUT2D eigenvalue weighted by atomic mass is 10.3. The van der Waals surface area contributed by atoms with Crippen molar-refractivity contribution < 1.29 is 9.90 Å². The van der Waals surface area contributed by atoms with Crippen LogP contribution in [0.4, 0.5) is 0 Å². The van der Waals surface area contributed by atoms with E-state index in [1.54, 1.807) is 10.8 Å². The molecule has 1 N–H and O–H groups in total. The molecule has 0 fully saturated rings. The van der Waals surface area contributed by atoms with Crippen molar-refractivity contribution in [2.45, 2.75) is 6.92 Å². The Bertz CT molecular complexity index is 551. The van der Waals surface area contributed by atoms with Crippen molar-refractivity contribution in [2.75, 3.05) is 0 Å². The molecule has 5 nitrogen and oxygen atoms in total. The second kappa shape index (κ2) is 4.05. The van der Waals surface area contributed by atoms with Gasteiger partial charge >= 0.3 is 5.97 Å². The Morgan fingerprint density at radius 3 is 2.81 bits per heavy atom. The van der Waals surface area contributed by atoms with E-state index in [9.17, 15) is 4.79 Å². The molecule has 0 unspecified atom stereocenters. The summed E-state index contributed by atoms with van der Waals surface area (Å²) in [5.74, 6) is -0.409. The third kappa shape index (κ3) is 1.96. The molecule has 6 heteroatoms.